The average molecular weight is 671 g/mol. The van der Waals surface area contributed by atoms with Gasteiger partial charge in [0.15, 0.2) is 0 Å². The highest BCUT2D eigenvalue weighted by atomic mass is 19.4. The second kappa shape index (κ2) is 16.7. The lowest BCUT2D eigenvalue weighted by molar-refractivity contribution is -0.137. The first-order valence-electron chi connectivity index (χ1n) is 13.7. The van der Waals surface area contributed by atoms with Crippen LogP contribution in [0.2, 0.25) is 0 Å². The van der Waals surface area contributed by atoms with E-state index >= 15 is 0 Å². The number of fused-ring (bicyclic) bond motifs is 1. The Morgan fingerprint density at radius 3 is 2.21 bits per heavy atom. The minimum Gasteiger partial charge on any atom is -0.345 e. The van der Waals surface area contributed by atoms with Gasteiger partial charge in [-0.2, -0.15) is 31.4 Å². The molecule has 4 rings (SSSR count). The van der Waals surface area contributed by atoms with Crippen molar-refractivity contribution < 1.29 is 35.9 Å². The summed E-state index contributed by atoms with van der Waals surface area (Å²) in [6.45, 7) is 0.496. The number of para-hydroxylation sites is 1. The molecule has 0 aliphatic heterocycles. The van der Waals surface area contributed by atoms with Gasteiger partial charge >= 0.3 is 12.4 Å². The molecule has 0 aliphatic carbocycles. The molecule has 0 spiro atoms. The predicted molar refractivity (Wildman–Crippen MR) is 167 cm³/mol. The number of anilines is 3. The first-order valence-corrected chi connectivity index (χ1v) is 13.7. The number of nitrogens with one attached hydrogen (secondary N) is 2. The monoisotopic (exact) mass is 670 g/mol. The minimum absolute atomic E-state index is 0.373. The van der Waals surface area contributed by atoms with Gasteiger partial charge in [-0.05, 0) is 44.2 Å². The Balaban J connectivity index is 0.000000756. The second-order valence-corrected chi connectivity index (χ2v) is 9.98. The fourth-order valence-corrected chi connectivity index (χ4v) is 4.33. The summed E-state index contributed by atoms with van der Waals surface area (Å²) in [4.78, 5) is 36.0. The van der Waals surface area contributed by atoms with Crippen molar-refractivity contribution in [2.24, 2.45) is 18.6 Å². The number of nitrogens with two attached hydrogens (primary N) is 2. The van der Waals surface area contributed by atoms with Gasteiger partial charge in [-0.25, -0.2) is 0 Å². The molecule has 6 N–H and O–H groups in total. The van der Waals surface area contributed by atoms with E-state index in [9.17, 15) is 35.9 Å². The number of carbonyl (C=O) groups excluding carboxylic acids is 2. The quantitative estimate of drug-likeness (QED) is 0.0950. The summed E-state index contributed by atoms with van der Waals surface area (Å²) < 4.78 is 71.2. The number of hydrazine groups is 1. The summed E-state index contributed by atoms with van der Waals surface area (Å²) in [6.07, 6.45) is -1.36. The lowest BCUT2D eigenvalue weighted by Crippen LogP contribution is -2.41. The number of alkyl halides is 6. The van der Waals surface area contributed by atoms with Crippen molar-refractivity contribution in [2.75, 3.05) is 43.5 Å². The number of hydrogen-bond acceptors (Lipinski definition) is 9. The maximum atomic E-state index is 12.5. The Bertz CT molecular complexity index is 1640. The molecule has 0 atom stereocenters. The van der Waals surface area contributed by atoms with Crippen LogP contribution >= 0.6 is 0 Å². The predicted octanol–water partition coefficient (Wildman–Crippen LogP) is 3.64. The van der Waals surface area contributed by atoms with Crippen LogP contribution in [0.25, 0.3) is 22.2 Å². The van der Waals surface area contributed by atoms with E-state index in [1.807, 2.05) is 37.9 Å². The highest BCUT2D eigenvalue weighted by molar-refractivity contribution is 5.95. The van der Waals surface area contributed by atoms with Gasteiger partial charge in [0.1, 0.15) is 13.1 Å². The summed E-state index contributed by atoms with van der Waals surface area (Å²) in [5.41, 5.74) is 12.2. The second-order valence-electron chi connectivity index (χ2n) is 9.98. The molecule has 256 valence electrons. The van der Waals surface area contributed by atoms with Crippen molar-refractivity contribution in [3.8, 4) is 11.3 Å². The summed E-state index contributed by atoms with van der Waals surface area (Å²) in [7, 11) is 5.29. The van der Waals surface area contributed by atoms with Crippen LogP contribution in [0.3, 0.4) is 0 Å². The lowest BCUT2D eigenvalue weighted by Gasteiger charge is -2.29. The van der Waals surface area contributed by atoms with E-state index in [0.29, 0.717) is 23.5 Å². The zero-order valence-electron chi connectivity index (χ0n) is 26.2. The van der Waals surface area contributed by atoms with E-state index in [1.165, 1.54) is 0 Å². The Morgan fingerprint density at radius 1 is 1.02 bits per heavy atom. The number of nitrogens with zero attached hydrogens (tertiary/aromatic N) is 6. The number of benzene rings is 1. The molecule has 0 aliphatic rings. The zero-order valence-corrected chi connectivity index (χ0v) is 26.2. The molecule has 0 fully saturated rings. The molecule has 0 unspecified atom stereocenters. The summed E-state index contributed by atoms with van der Waals surface area (Å²) >= 11 is 0. The van der Waals surface area contributed by atoms with Gasteiger partial charge in [-0.15, -0.1) is 0 Å². The normalized spacial score (nSPS) is 11.2. The molecule has 47 heavy (non-hydrogen) atoms. The fraction of sp³-hybridized carbons (Fsp3) is 0.345. The average Bonchev–Trinajstić information content (AvgIpc) is 3.39. The van der Waals surface area contributed by atoms with Gasteiger partial charge in [-0.3, -0.25) is 35.5 Å². The summed E-state index contributed by atoms with van der Waals surface area (Å²) in [5, 5.41) is 7.02. The summed E-state index contributed by atoms with van der Waals surface area (Å²) in [6, 6.07) is 7.11. The van der Waals surface area contributed by atoms with Gasteiger partial charge in [0.05, 0.1) is 53.4 Å². The summed E-state index contributed by atoms with van der Waals surface area (Å²) in [5.74, 6) is 3.67. The van der Waals surface area contributed by atoms with Crippen LogP contribution in [0.4, 0.5) is 43.4 Å². The third-order valence-electron chi connectivity index (χ3n) is 6.42. The van der Waals surface area contributed by atoms with Crippen molar-refractivity contribution in [2.45, 2.75) is 26.2 Å². The third kappa shape index (κ3) is 10.9. The standard InChI is InChI=1S/C26H26F3N7O2.C2H4F3N.CH6N2/c1-16-6-5-7-21(36(15-37)13-24(38)32-14-26(27,28)29)25(16)34(3)22-12-31-20(8-17(22)2)18-9-30-11-23-19(18)10-33-35(23)4;3-2(4,5)1-6;1-3-2/h5-12,15H,13-14H2,1-4H3,(H,32,38);1,6H2;3H,2H2,1H3. The highest BCUT2D eigenvalue weighted by Crippen LogP contribution is 2.38. The van der Waals surface area contributed by atoms with E-state index in [-0.39, 0.29) is 0 Å². The smallest absolute Gasteiger partial charge is 0.345 e. The molecule has 18 heteroatoms. The van der Waals surface area contributed by atoms with Crippen molar-refractivity contribution in [1.29, 1.82) is 0 Å². The highest BCUT2D eigenvalue weighted by Gasteiger charge is 2.28. The Kier molecular flexibility index (Phi) is 13.6. The van der Waals surface area contributed by atoms with Gasteiger partial charge in [-0.1, -0.05) is 12.1 Å². The molecular weight excluding hydrogens is 634 g/mol. The molecule has 3 aromatic heterocycles. The van der Waals surface area contributed by atoms with Crippen LogP contribution in [0, 0.1) is 13.8 Å². The number of carbonyl (C=O) groups is 2. The van der Waals surface area contributed by atoms with Gasteiger partial charge in [0, 0.05) is 31.2 Å². The van der Waals surface area contributed by atoms with E-state index < -0.39 is 37.9 Å². The van der Waals surface area contributed by atoms with Crippen LogP contribution in [-0.2, 0) is 16.6 Å². The van der Waals surface area contributed by atoms with Crippen LogP contribution in [0.15, 0.2) is 49.1 Å². The molecule has 4 aromatic rings. The number of amides is 2. The number of pyridine rings is 2. The molecule has 1 aromatic carbocycles. The van der Waals surface area contributed by atoms with E-state index in [0.717, 1.165) is 38.2 Å². The van der Waals surface area contributed by atoms with Gasteiger partial charge in [0.25, 0.3) is 0 Å². The van der Waals surface area contributed by atoms with Crippen molar-refractivity contribution in [3.05, 3.63) is 60.2 Å². The third-order valence-corrected chi connectivity index (χ3v) is 6.42. The molecular formula is C29H36F6N10O2. The van der Waals surface area contributed by atoms with Gasteiger partial charge < -0.3 is 20.9 Å². The van der Waals surface area contributed by atoms with Crippen molar-refractivity contribution >= 4 is 40.3 Å². The number of rotatable bonds is 8. The maximum Gasteiger partial charge on any atom is 0.405 e. The maximum absolute atomic E-state index is 12.5. The van der Waals surface area contributed by atoms with E-state index in [2.05, 4.69) is 32.1 Å². The van der Waals surface area contributed by atoms with Crippen LogP contribution in [0.5, 0.6) is 0 Å². The minimum atomic E-state index is -4.55. The van der Waals surface area contributed by atoms with Crippen molar-refractivity contribution in [3.63, 3.8) is 0 Å². The fourth-order valence-electron chi connectivity index (χ4n) is 4.33. The molecule has 3 heterocycles. The van der Waals surface area contributed by atoms with E-state index in [1.54, 1.807) is 61.0 Å². The molecule has 12 nitrogen and oxygen atoms in total. The Hall–Kier alpha value is -4.81. The number of hydrogen-bond donors (Lipinski definition) is 4. The molecule has 0 saturated heterocycles. The van der Waals surface area contributed by atoms with Crippen LogP contribution in [0.1, 0.15) is 11.1 Å². The lowest BCUT2D eigenvalue weighted by atomic mass is 10.1. The first-order chi connectivity index (χ1) is 22.0. The van der Waals surface area contributed by atoms with Crippen LogP contribution < -0.4 is 32.1 Å². The topological polar surface area (TPSA) is 160 Å². The van der Waals surface area contributed by atoms with Gasteiger partial charge in [0.2, 0.25) is 12.3 Å². The molecule has 2 amide bonds. The first kappa shape index (κ1) is 38.4. The number of aromatic nitrogens is 4. The molecule has 0 saturated carbocycles. The van der Waals surface area contributed by atoms with Crippen molar-refractivity contribution in [1.82, 2.24) is 30.5 Å². The number of aryl methyl sites for hydroxylation is 3. The van der Waals surface area contributed by atoms with E-state index in [4.69, 9.17) is 0 Å². The number of halogens is 6. The SMILES string of the molecule is CNN.Cc1cc(-c2cncc3c2cnn3C)ncc1N(C)c1c(C)cccc1N(C=O)CC(=O)NCC(F)(F)F.NCC(F)(F)F. The molecule has 0 bridgehead atoms. The Morgan fingerprint density at radius 2 is 1.66 bits per heavy atom. The zero-order chi connectivity index (χ0) is 35.5. The van der Waals surface area contributed by atoms with Crippen LogP contribution in [-0.4, -0.2) is 78.1 Å². The largest absolute Gasteiger partial charge is 0.405 e. The Labute approximate surface area is 266 Å². The molecule has 0 radical (unpaired) electrons.